The van der Waals surface area contributed by atoms with E-state index in [9.17, 15) is 0 Å². The smallest absolute Gasteiger partial charge is 0.146 e. The third-order valence-electron chi connectivity index (χ3n) is 2.07. The number of aromatic amines is 1. The molecule has 0 amide bonds. The summed E-state index contributed by atoms with van der Waals surface area (Å²) in [6.07, 6.45) is 6.07. The maximum absolute atomic E-state index is 5.68. The summed E-state index contributed by atoms with van der Waals surface area (Å²) in [5.74, 6) is 1.49. The minimum absolute atomic E-state index is 0.525. The molecule has 0 bridgehead atoms. The van der Waals surface area contributed by atoms with E-state index in [4.69, 9.17) is 5.73 Å². The van der Waals surface area contributed by atoms with Crippen molar-refractivity contribution in [3.8, 4) is 0 Å². The summed E-state index contributed by atoms with van der Waals surface area (Å²) in [6, 6.07) is 3.76. The molecule has 0 fully saturated rings. The average molecular weight is 203 g/mol. The molecule has 0 radical (unpaired) electrons. The zero-order chi connectivity index (χ0) is 10.5. The minimum Gasteiger partial charge on any atom is -0.382 e. The highest BCUT2D eigenvalue weighted by Gasteiger charge is 1.98. The van der Waals surface area contributed by atoms with Crippen LogP contribution in [0.15, 0.2) is 30.7 Å². The van der Waals surface area contributed by atoms with Crippen molar-refractivity contribution in [2.75, 3.05) is 17.6 Å². The lowest BCUT2D eigenvalue weighted by molar-refractivity contribution is 0.927. The molecule has 0 aliphatic heterocycles. The lowest BCUT2D eigenvalue weighted by Gasteiger charge is -2.06. The van der Waals surface area contributed by atoms with E-state index in [0.717, 1.165) is 24.5 Å². The van der Waals surface area contributed by atoms with Crippen LogP contribution in [0.2, 0.25) is 0 Å². The highest BCUT2D eigenvalue weighted by molar-refractivity contribution is 5.60. The topological polar surface area (TPSA) is 79.6 Å². The van der Waals surface area contributed by atoms with Crippen LogP contribution in [0.4, 0.5) is 11.5 Å². The second-order valence-corrected chi connectivity index (χ2v) is 3.15. The van der Waals surface area contributed by atoms with Gasteiger partial charge >= 0.3 is 0 Å². The molecule has 2 rings (SSSR count). The van der Waals surface area contributed by atoms with Gasteiger partial charge in [-0.1, -0.05) is 0 Å². The number of imidazole rings is 1. The van der Waals surface area contributed by atoms with Gasteiger partial charge < -0.3 is 16.0 Å². The number of H-pyrrole nitrogens is 1. The fraction of sp³-hybridized carbons (Fsp3) is 0.200. The minimum atomic E-state index is 0.525. The molecule has 0 unspecified atom stereocenters. The molecule has 78 valence electrons. The lowest BCUT2D eigenvalue weighted by Crippen LogP contribution is -2.08. The Labute approximate surface area is 87.8 Å². The van der Waals surface area contributed by atoms with Crippen LogP contribution < -0.4 is 11.1 Å². The maximum Gasteiger partial charge on any atom is 0.146 e. The number of nitrogens with two attached hydrogens (primary N) is 1. The lowest BCUT2D eigenvalue weighted by atomic mass is 10.3. The molecular weight excluding hydrogens is 190 g/mol. The van der Waals surface area contributed by atoms with Gasteiger partial charge in [0.25, 0.3) is 0 Å². The third-order valence-corrected chi connectivity index (χ3v) is 2.07. The van der Waals surface area contributed by atoms with Gasteiger partial charge in [-0.05, 0) is 12.1 Å². The van der Waals surface area contributed by atoms with Crippen molar-refractivity contribution < 1.29 is 0 Å². The monoisotopic (exact) mass is 203 g/mol. The molecular formula is C10H13N5. The largest absolute Gasteiger partial charge is 0.382 e. The fourth-order valence-electron chi connectivity index (χ4n) is 1.32. The number of anilines is 2. The number of pyridine rings is 1. The number of hydrogen-bond donors (Lipinski definition) is 3. The van der Waals surface area contributed by atoms with Crippen LogP contribution in [0.1, 0.15) is 5.82 Å². The van der Waals surface area contributed by atoms with E-state index in [1.54, 1.807) is 12.4 Å². The van der Waals surface area contributed by atoms with Crippen LogP contribution in [0.3, 0.4) is 0 Å². The summed E-state index contributed by atoms with van der Waals surface area (Å²) in [7, 11) is 0. The normalized spacial score (nSPS) is 10.1. The zero-order valence-electron chi connectivity index (χ0n) is 8.27. The summed E-state index contributed by atoms with van der Waals surface area (Å²) in [4.78, 5) is 11.2. The number of nitrogen functional groups attached to an aromatic ring is 1. The molecule has 0 aromatic carbocycles. The molecule has 0 saturated carbocycles. The van der Waals surface area contributed by atoms with Gasteiger partial charge in [-0.25, -0.2) is 9.97 Å². The van der Waals surface area contributed by atoms with E-state index in [1.807, 2.05) is 18.3 Å². The first-order chi connectivity index (χ1) is 7.36. The summed E-state index contributed by atoms with van der Waals surface area (Å²) >= 11 is 0. The van der Waals surface area contributed by atoms with Crippen molar-refractivity contribution in [3.63, 3.8) is 0 Å². The maximum atomic E-state index is 5.68. The number of rotatable bonds is 4. The van der Waals surface area contributed by atoms with Gasteiger partial charge in [-0.3, -0.25) is 0 Å². The van der Waals surface area contributed by atoms with Crippen molar-refractivity contribution >= 4 is 11.5 Å². The van der Waals surface area contributed by atoms with Gasteiger partial charge in [0.1, 0.15) is 11.6 Å². The summed E-state index contributed by atoms with van der Waals surface area (Å²) < 4.78 is 0. The van der Waals surface area contributed by atoms with Gasteiger partial charge in [-0.15, -0.1) is 0 Å². The molecule has 0 aliphatic carbocycles. The quantitative estimate of drug-likeness (QED) is 0.693. The summed E-state index contributed by atoms with van der Waals surface area (Å²) in [5.41, 5.74) is 6.55. The molecule has 5 nitrogen and oxygen atoms in total. The molecule has 0 aliphatic rings. The highest BCUT2D eigenvalue weighted by atomic mass is 15.0. The zero-order valence-corrected chi connectivity index (χ0v) is 8.27. The Morgan fingerprint density at radius 3 is 3.00 bits per heavy atom. The Morgan fingerprint density at radius 1 is 1.33 bits per heavy atom. The predicted molar refractivity (Wildman–Crippen MR) is 59.4 cm³/mol. The molecule has 0 spiro atoms. The predicted octanol–water partition coefficient (Wildman–Crippen LogP) is 1.04. The first-order valence-corrected chi connectivity index (χ1v) is 4.79. The highest BCUT2D eigenvalue weighted by Crippen LogP contribution is 2.12. The second kappa shape index (κ2) is 4.45. The van der Waals surface area contributed by atoms with E-state index in [0.29, 0.717) is 5.82 Å². The Kier molecular flexibility index (Phi) is 2.82. The van der Waals surface area contributed by atoms with E-state index in [2.05, 4.69) is 20.3 Å². The van der Waals surface area contributed by atoms with Crippen LogP contribution in [-0.4, -0.2) is 21.5 Å². The van der Waals surface area contributed by atoms with Gasteiger partial charge in [0.05, 0.1) is 5.69 Å². The van der Waals surface area contributed by atoms with Crippen molar-refractivity contribution in [2.45, 2.75) is 6.42 Å². The third kappa shape index (κ3) is 2.46. The Balaban J connectivity index is 1.86. The first kappa shape index (κ1) is 9.51. The molecule has 2 aromatic heterocycles. The second-order valence-electron chi connectivity index (χ2n) is 3.15. The van der Waals surface area contributed by atoms with Crippen LogP contribution >= 0.6 is 0 Å². The van der Waals surface area contributed by atoms with E-state index in [1.165, 1.54) is 0 Å². The van der Waals surface area contributed by atoms with Crippen molar-refractivity contribution in [2.24, 2.45) is 0 Å². The standard InChI is InChI=1S/C10H13N5/c11-10-8(2-1-4-15-10)12-5-3-9-13-6-7-14-9/h1-2,4,6-7,12H,3,5H2,(H2,11,15)(H,13,14). The summed E-state index contributed by atoms with van der Waals surface area (Å²) in [5, 5.41) is 3.20. The van der Waals surface area contributed by atoms with Crippen molar-refractivity contribution in [1.29, 1.82) is 0 Å². The van der Waals surface area contributed by atoms with E-state index in [-0.39, 0.29) is 0 Å². The number of nitrogens with zero attached hydrogens (tertiary/aromatic N) is 2. The molecule has 5 heteroatoms. The molecule has 2 aromatic rings. The van der Waals surface area contributed by atoms with Gasteiger partial charge in [0.15, 0.2) is 0 Å². The van der Waals surface area contributed by atoms with Gasteiger partial charge in [-0.2, -0.15) is 0 Å². The van der Waals surface area contributed by atoms with Gasteiger partial charge in [0.2, 0.25) is 0 Å². The Bertz CT molecular complexity index is 410. The van der Waals surface area contributed by atoms with Crippen molar-refractivity contribution in [3.05, 3.63) is 36.5 Å². The van der Waals surface area contributed by atoms with E-state index >= 15 is 0 Å². The molecule has 4 N–H and O–H groups in total. The fourth-order valence-corrected chi connectivity index (χ4v) is 1.32. The Hall–Kier alpha value is -2.04. The van der Waals surface area contributed by atoms with Crippen LogP contribution in [0.25, 0.3) is 0 Å². The molecule has 15 heavy (non-hydrogen) atoms. The van der Waals surface area contributed by atoms with Crippen LogP contribution in [-0.2, 0) is 6.42 Å². The first-order valence-electron chi connectivity index (χ1n) is 4.79. The number of aromatic nitrogens is 3. The van der Waals surface area contributed by atoms with E-state index < -0.39 is 0 Å². The van der Waals surface area contributed by atoms with Crippen molar-refractivity contribution in [1.82, 2.24) is 15.0 Å². The Morgan fingerprint density at radius 2 is 2.27 bits per heavy atom. The van der Waals surface area contributed by atoms with Crippen LogP contribution in [0.5, 0.6) is 0 Å². The summed E-state index contributed by atoms with van der Waals surface area (Å²) in [6.45, 7) is 0.781. The molecule has 0 saturated heterocycles. The average Bonchev–Trinajstić information content (AvgIpc) is 2.74. The van der Waals surface area contributed by atoms with Gasteiger partial charge in [0, 0.05) is 31.6 Å². The molecule has 2 heterocycles. The number of hydrogen-bond acceptors (Lipinski definition) is 4. The SMILES string of the molecule is Nc1ncccc1NCCc1ncc[nH]1. The van der Waals surface area contributed by atoms with Crippen LogP contribution in [0, 0.1) is 0 Å². The number of nitrogens with one attached hydrogen (secondary N) is 2. The molecule has 0 atom stereocenters.